The van der Waals surface area contributed by atoms with Gasteiger partial charge in [-0.1, -0.05) is 0 Å². The number of rotatable bonds is 10. The summed E-state index contributed by atoms with van der Waals surface area (Å²) in [5.74, 6) is 1.81. The van der Waals surface area contributed by atoms with E-state index >= 15 is 0 Å². The second-order valence-corrected chi connectivity index (χ2v) is 5.18. The minimum Gasteiger partial charge on any atom is -0.381 e. The fourth-order valence-electron chi connectivity index (χ4n) is 1.91. The molecule has 0 bridgehead atoms. The minimum atomic E-state index is -0.410. The largest absolute Gasteiger partial charge is 0.381 e. The highest BCUT2D eigenvalue weighted by Crippen LogP contribution is 2.28. The first-order chi connectivity index (χ1) is 10.2. The van der Waals surface area contributed by atoms with Gasteiger partial charge in [0.25, 0.3) is 5.69 Å². The summed E-state index contributed by atoms with van der Waals surface area (Å²) in [5, 5.41) is 17.0. The molecule has 2 N–H and O–H groups in total. The van der Waals surface area contributed by atoms with Crippen LogP contribution in [0.3, 0.4) is 0 Å². The van der Waals surface area contributed by atoms with Gasteiger partial charge < -0.3 is 15.4 Å². The number of ether oxygens (including phenoxy) is 1. The van der Waals surface area contributed by atoms with Gasteiger partial charge in [-0.2, -0.15) is 0 Å². The SMILES string of the molecule is CCNc1cc([N+](=O)[O-])cc(NCCCOCC2CC2)n1. The van der Waals surface area contributed by atoms with Gasteiger partial charge in [0, 0.05) is 26.3 Å². The van der Waals surface area contributed by atoms with E-state index in [0.29, 0.717) is 31.3 Å². The molecule has 2 rings (SSSR count). The molecule has 0 unspecified atom stereocenters. The topological polar surface area (TPSA) is 89.3 Å². The lowest BCUT2D eigenvalue weighted by Crippen LogP contribution is -2.09. The second kappa shape index (κ2) is 7.78. The maximum Gasteiger partial charge on any atom is 0.276 e. The van der Waals surface area contributed by atoms with Crippen molar-refractivity contribution in [2.75, 3.05) is 36.9 Å². The van der Waals surface area contributed by atoms with Crippen LogP contribution in [0.1, 0.15) is 26.2 Å². The number of pyridine rings is 1. The summed E-state index contributed by atoms with van der Waals surface area (Å²) in [6.07, 6.45) is 3.44. The van der Waals surface area contributed by atoms with Gasteiger partial charge in [-0.15, -0.1) is 0 Å². The van der Waals surface area contributed by atoms with E-state index in [2.05, 4.69) is 15.6 Å². The summed E-state index contributed by atoms with van der Waals surface area (Å²) in [6.45, 7) is 4.84. The standard InChI is InChI=1S/C14H22N4O3/c1-2-15-13-8-12(18(19)20)9-14(17-13)16-6-3-7-21-10-11-4-5-11/h8-9,11H,2-7,10H2,1H3,(H2,15,16,17). The fraction of sp³-hybridized carbons (Fsp3) is 0.643. The van der Waals surface area contributed by atoms with Crippen molar-refractivity contribution in [3.8, 4) is 0 Å². The van der Waals surface area contributed by atoms with E-state index in [-0.39, 0.29) is 5.69 Å². The molecule has 21 heavy (non-hydrogen) atoms. The van der Waals surface area contributed by atoms with Gasteiger partial charge in [0.1, 0.15) is 11.6 Å². The van der Waals surface area contributed by atoms with Crippen LogP contribution < -0.4 is 10.6 Å². The molecule has 0 amide bonds. The van der Waals surface area contributed by atoms with Crippen molar-refractivity contribution in [3.63, 3.8) is 0 Å². The smallest absolute Gasteiger partial charge is 0.276 e. The molecule has 7 nitrogen and oxygen atoms in total. The van der Waals surface area contributed by atoms with Gasteiger partial charge in [0.15, 0.2) is 0 Å². The van der Waals surface area contributed by atoms with Crippen LogP contribution in [0.4, 0.5) is 17.3 Å². The van der Waals surface area contributed by atoms with E-state index in [4.69, 9.17) is 4.74 Å². The molecule has 1 aromatic heterocycles. The lowest BCUT2D eigenvalue weighted by molar-refractivity contribution is -0.384. The Balaban J connectivity index is 1.78. The third-order valence-corrected chi connectivity index (χ3v) is 3.20. The average molecular weight is 294 g/mol. The van der Waals surface area contributed by atoms with Crippen LogP contribution in [-0.4, -0.2) is 36.2 Å². The molecule has 0 aromatic carbocycles. The third kappa shape index (κ3) is 5.55. The normalized spacial score (nSPS) is 14.0. The first-order valence-electron chi connectivity index (χ1n) is 7.41. The Kier molecular flexibility index (Phi) is 5.74. The van der Waals surface area contributed by atoms with Crippen molar-refractivity contribution in [3.05, 3.63) is 22.2 Å². The van der Waals surface area contributed by atoms with E-state index in [1.165, 1.54) is 25.0 Å². The third-order valence-electron chi connectivity index (χ3n) is 3.20. The summed E-state index contributed by atoms with van der Waals surface area (Å²) < 4.78 is 5.54. The van der Waals surface area contributed by atoms with E-state index in [1.807, 2.05) is 6.92 Å². The maximum atomic E-state index is 10.9. The molecule has 1 aromatic rings. The Morgan fingerprint density at radius 2 is 2.10 bits per heavy atom. The minimum absolute atomic E-state index is 0.0356. The zero-order chi connectivity index (χ0) is 15.1. The van der Waals surface area contributed by atoms with Crippen molar-refractivity contribution >= 4 is 17.3 Å². The van der Waals surface area contributed by atoms with Crippen molar-refractivity contribution < 1.29 is 9.66 Å². The lowest BCUT2D eigenvalue weighted by atomic mass is 10.3. The van der Waals surface area contributed by atoms with Gasteiger partial charge in [-0.25, -0.2) is 4.98 Å². The predicted octanol–water partition coefficient (Wildman–Crippen LogP) is 2.65. The molecule has 0 aliphatic heterocycles. The molecule has 7 heteroatoms. The zero-order valence-corrected chi connectivity index (χ0v) is 12.3. The molecule has 1 saturated carbocycles. The number of hydrogen-bond acceptors (Lipinski definition) is 6. The second-order valence-electron chi connectivity index (χ2n) is 5.18. The Morgan fingerprint density at radius 3 is 2.71 bits per heavy atom. The van der Waals surface area contributed by atoms with Gasteiger partial charge in [0.05, 0.1) is 17.1 Å². The highest BCUT2D eigenvalue weighted by atomic mass is 16.6. The Hall–Kier alpha value is -1.89. The number of aromatic nitrogens is 1. The Morgan fingerprint density at radius 1 is 1.38 bits per heavy atom. The molecular weight excluding hydrogens is 272 g/mol. The van der Waals surface area contributed by atoms with E-state index in [1.54, 1.807) is 0 Å². The summed E-state index contributed by atoms with van der Waals surface area (Å²) in [6, 6.07) is 2.89. The zero-order valence-electron chi connectivity index (χ0n) is 12.3. The van der Waals surface area contributed by atoms with Crippen LogP contribution in [0, 0.1) is 16.0 Å². The Labute approximate surface area is 124 Å². The summed E-state index contributed by atoms with van der Waals surface area (Å²) in [4.78, 5) is 14.8. The average Bonchev–Trinajstić information content (AvgIpc) is 3.27. The first kappa shape index (κ1) is 15.5. The summed E-state index contributed by atoms with van der Waals surface area (Å²) >= 11 is 0. The fourth-order valence-corrected chi connectivity index (χ4v) is 1.91. The van der Waals surface area contributed by atoms with Crippen LogP contribution in [0.2, 0.25) is 0 Å². The summed E-state index contributed by atoms with van der Waals surface area (Å²) in [7, 11) is 0. The number of nitro groups is 1. The predicted molar refractivity (Wildman–Crippen MR) is 81.7 cm³/mol. The quantitative estimate of drug-likeness (QED) is 0.392. The highest BCUT2D eigenvalue weighted by Gasteiger charge is 2.20. The van der Waals surface area contributed by atoms with Crippen LogP contribution >= 0.6 is 0 Å². The van der Waals surface area contributed by atoms with E-state index < -0.39 is 4.92 Å². The van der Waals surface area contributed by atoms with Crippen LogP contribution in [0.5, 0.6) is 0 Å². The molecule has 1 aliphatic rings. The van der Waals surface area contributed by atoms with E-state index in [0.717, 1.165) is 18.9 Å². The number of anilines is 2. The molecule has 1 aliphatic carbocycles. The molecule has 116 valence electrons. The molecule has 0 atom stereocenters. The van der Waals surface area contributed by atoms with Crippen molar-refractivity contribution in [2.45, 2.75) is 26.2 Å². The molecule has 1 fully saturated rings. The molecule has 0 saturated heterocycles. The van der Waals surface area contributed by atoms with E-state index in [9.17, 15) is 10.1 Å². The molecule has 0 spiro atoms. The van der Waals surface area contributed by atoms with Crippen LogP contribution in [0.15, 0.2) is 12.1 Å². The Bertz CT molecular complexity index is 477. The van der Waals surface area contributed by atoms with Gasteiger partial charge >= 0.3 is 0 Å². The summed E-state index contributed by atoms with van der Waals surface area (Å²) in [5.41, 5.74) is 0.0356. The monoisotopic (exact) mass is 294 g/mol. The van der Waals surface area contributed by atoms with Gasteiger partial charge in [-0.05, 0) is 32.1 Å². The molecule has 0 radical (unpaired) electrons. The maximum absolute atomic E-state index is 10.9. The molecule has 1 heterocycles. The number of hydrogen-bond donors (Lipinski definition) is 2. The van der Waals surface area contributed by atoms with Crippen LogP contribution in [-0.2, 0) is 4.74 Å². The van der Waals surface area contributed by atoms with Crippen molar-refractivity contribution in [1.29, 1.82) is 0 Å². The van der Waals surface area contributed by atoms with Gasteiger partial charge in [0.2, 0.25) is 0 Å². The lowest BCUT2D eigenvalue weighted by Gasteiger charge is -2.09. The van der Waals surface area contributed by atoms with Crippen molar-refractivity contribution in [2.24, 2.45) is 5.92 Å². The number of nitrogens with one attached hydrogen (secondary N) is 2. The van der Waals surface area contributed by atoms with Crippen LogP contribution in [0.25, 0.3) is 0 Å². The highest BCUT2D eigenvalue weighted by molar-refractivity contribution is 5.54. The van der Waals surface area contributed by atoms with Crippen molar-refractivity contribution in [1.82, 2.24) is 4.98 Å². The number of nitrogens with zero attached hydrogens (tertiary/aromatic N) is 2. The molecular formula is C14H22N4O3. The van der Waals surface area contributed by atoms with Gasteiger partial charge in [-0.3, -0.25) is 10.1 Å². The first-order valence-corrected chi connectivity index (χ1v) is 7.41.